The van der Waals surface area contributed by atoms with E-state index in [4.69, 9.17) is 9.47 Å². The molecule has 0 saturated carbocycles. The van der Waals surface area contributed by atoms with Crippen molar-refractivity contribution in [3.63, 3.8) is 0 Å². The van der Waals surface area contributed by atoms with Crippen molar-refractivity contribution in [1.82, 2.24) is 9.62 Å². The fourth-order valence-electron chi connectivity index (χ4n) is 3.28. The van der Waals surface area contributed by atoms with Gasteiger partial charge in [-0.2, -0.15) is 0 Å². The minimum Gasteiger partial charge on any atom is -0.487 e. The number of hydrogen-bond acceptors (Lipinski definition) is 6. The molecule has 1 unspecified atom stereocenters. The Kier molecular flexibility index (Phi) is 6.27. The van der Waals surface area contributed by atoms with Gasteiger partial charge in [-0.3, -0.25) is 9.69 Å². The van der Waals surface area contributed by atoms with Crippen molar-refractivity contribution >= 4 is 27.7 Å². The van der Waals surface area contributed by atoms with Gasteiger partial charge in [-0.25, -0.2) is 22.3 Å². The number of nitrogens with one attached hydrogen (secondary N) is 1. The average Bonchev–Trinajstić information content (AvgIpc) is 2.99. The lowest BCUT2D eigenvalue weighted by molar-refractivity contribution is -0.131. The summed E-state index contributed by atoms with van der Waals surface area (Å²) in [6, 6.07) is 4.33. The van der Waals surface area contributed by atoms with E-state index in [9.17, 15) is 22.4 Å². The van der Waals surface area contributed by atoms with Gasteiger partial charge >= 0.3 is 6.09 Å². The fourth-order valence-corrected chi connectivity index (χ4v) is 3.66. The predicted molar refractivity (Wildman–Crippen MR) is 103 cm³/mol. The average molecular weight is 429 g/mol. The van der Waals surface area contributed by atoms with E-state index in [2.05, 4.69) is 4.72 Å². The van der Waals surface area contributed by atoms with Crippen molar-refractivity contribution in [1.29, 1.82) is 0 Å². The zero-order chi connectivity index (χ0) is 21.2. The van der Waals surface area contributed by atoms with Gasteiger partial charge < -0.3 is 14.4 Å². The second-order valence-electron chi connectivity index (χ2n) is 7.21. The van der Waals surface area contributed by atoms with Crippen LogP contribution in [0.1, 0.15) is 19.8 Å². The molecule has 0 radical (unpaired) electrons. The third-order valence-electron chi connectivity index (χ3n) is 4.76. The number of carbonyl (C=O) groups is 2. The molecule has 2 fully saturated rings. The van der Waals surface area contributed by atoms with Crippen LogP contribution < -0.4 is 14.4 Å². The van der Waals surface area contributed by atoms with Crippen LogP contribution in [0.5, 0.6) is 5.75 Å². The first-order valence-corrected chi connectivity index (χ1v) is 11.2. The molecule has 2 aliphatic rings. The number of rotatable bonds is 6. The third kappa shape index (κ3) is 5.57. The lowest BCUT2D eigenvalue weighted by Gasteiger charge is -2.32. The summed E-state index contributed by atoms with van der Waals surface area (Å²) in [5.41, 5.74) is 0.406. The smallest absolute Gasteiger partial charge is 0.414 e. The number of amides is 2. The maximum atomic E-state index is 14.5. The molecule has 0 aliphatic carbocycles. The SMILES string of the molecule is CC1CN(c2ccc(OC3CCN(C(=O)CNS(C)(=O)=O)CC3)c(F)c2)C(=O)O1. The molecule has 160 valence electrons. The Labute approximate surface area is 168 Å². The summed E-state index contributed by atoms with van der Waals surface area (Å²) >= 11 is 0. The second kappa shape index (κ2) is 8.54. The first-order chi connectivity index (χ1) is 13.6. The van der Waals surface area contributed by atoms with E-state index in [1.54, 1.807) is 17.9 Å². The molecule has 11 heteroatoms. The minimum absolute atomic E-state index is 0.0814. The number of ether oxygens (including phenoxy) is 2. The maximum absolute atomic E-state index is 14.5. The summed E-state index contributed by atoms with van der Waals surface area (Å²) in [6.07, 6.45) is 0.978. The van der Waals surface area contributed by atoms with E-state index in [0.717, 1.165) is 6.26 Å². The molecule has 1 aromatic rings. The molecule has 9 nitrogen and oxygen atoms in total. The lowest BCUT2D eigenvalue weighted by Crippen LogP contribution is -2.45. The summed E-state index contributed by atoms with van der Waals surface area (Å²) in [7, 11) is -3.43. The zero-order valence-corrected chi connectivity index (χ0v) is 17.1. The van der Waals surface area contributed by atoms with Gasteiger partial charge in [-0.15, -0.1) is 0 Å². The first kappa shape index (κ1) is 21.3. The minimum atomic E-state index is -3.43. The number of hydrogen-bond donors (Lipinski definition) is 1. The highest BCUT2D eigenvalue weighted by molar-refractivity contribution is 7.88. The summed E-state index contributed by atoms with van der Waals surface area (Å²) in [5, 5.41) is 0. The van der Waals surface area contributed by atoms with Gasteiger partial charge in [0.2, 0.25) is 15.9 Å². The van der Waals surface area contributed by atoms with Crippen molar-refractivity contribution < 1.29 is 31.9 Å². The van der Waals surface area contributed by atoms with Crippen molar-refractivity contribution in [3.8, 4) is 5.75 Å². The standard InChI is InChI=1S/C18H24FN3O6S/c1-12-11-22(18(24)27-12)13-3-4-16(15(19)9-13)28-14-5-7-21(8-6-14)17(23)10-20-29(2,25)26/h3-4,9,12,14,20H,5-8,10-11H2,1-2H3. The molecule has 2 aliphatic heterocycles. The van der Waals surface area contributed by atoms with Crippen LogP contribution in [-0.2, 0) is 19.6 Å². The van der Waals surface area contributed by atoms with E-state index in [-0.39, 0.29) is 30.4 Å². The Morgan fingerprint density at radius 1 is 1.34 bits per heavy atom. The molecule has 29 heavy (non-hydrogen) atoms. The third-order valence-corrected chi connectivity index (χ3v) is 5.43. The molecule has 2 heterocycles. The van der Waals surface area contributed by atoms with Gasteiger partial charge in [0.15, 0.2) is 11.6 Å². The van der Waals surface area contributed by atoms with Crippen LogP contribution in [0, 0.1) is 5.82 Å². The number of sulfonamides is 1. The van der Waals surface area contributed by atoms with E-state index in [1.807, 2.05) is 0 Å². The highest BCUT2D eigenvalue weighted by Gasteiger charge is 2.30. The summed E-state index contributed by atoms with van der Waals surface area (Å²) in [6.45, 7) is 2.63. The van der Waals surface area contributed by atoms with Gasteiger partial charge in [0.1, 0.15) is 12.2 Å². The molecule has 2 amide bonds. The maximum Gasteiger partial charge on any atom is 0.414 e. The molecular weight excluding hydrogens is 405 g/mol. The summed E-state index contributed by atoms with van der Waals surface area (Å²) in [5.74, 6) is -0.806. The number of likely N-dealkylation sites (tertiary alicyclic amines) is 1. The van der Waals surface area contributed by atoms with Gasteiger partial charge in [-0.05, 0) is 19.1 Å². The monoisotopic (exact) mass is 429 g/mol. The van der Waals surface area contributed by atoms with Gasteiger partial charge in [-0.1, -0.05) is 0 Å². The number of nitrogens with zero attached hydrogens (tertiary/aromatic N) is 2. The molecule has 1 atom stereocenters. The summed E-state index contributed by atoms with van der Waals surface area (Å²) in [4.78, 5) is 26.7. The van der Waals surface area contributed by atoms with Crippen LogP contribution in [-0.4, -0.2) is 70.0 Å². The van der Waals surface area contributed by atoms with Crippen LogP contribution in [0.25, 0.3) is 0 Å². The number of piperidine rings is 1. The molecule has 1 N–H and O–H groups in total. The Hall–Kier alpha value is -2.40. The molecule has 0 aromatic heterocycles. The Morgan fingerprint density at radius 3 is 2.59 bits per heavy atom. The van der Waals surface area contributed by atoms with Gasteiger partial charge in [0, 0.05) is 32.0 Å². The van der Waals surface area contributed by atoms with E-state index in [0.29, 0.717) is 38.2 Å². The normalized spacial score (nSPS) is 20.7. The highest BCUT2D eigenvalue weighted by atomic mass is 32.2. The molecule has 1 aromatic carbocycles. The molecule has 0 spiro atoms. The van der Waals surface area contributed by atoms with Crippen LogP contribution in [0.2, 0.25) is 0 Å². The van der Waals surface area contributed by atoms with Crippen molar-refractivity contribution in [2.24, 2.45) is 0 Å². The zero-order valence-electron chi connectivity index (χ0n) is 16.3. The molecule has 0 bridgehead atoms. The number of carbonyl (C=O) groups excluding carboxylic acids is 2. The number of benzene rings is 1. The Morgan fingerprint density at radius 2 is 2.03 bits per heavy atom. The molecule has 2 saturated heterocycles. The Bertz CT molecular complexity index is 886. The largest absolute Gasteiger partial charge is 0.487 e. The van der Waals surface area contributed by atoms with Crippen LogP contribution in [0.15, 0.2) is 18.2 Å². The topological polar surface area (TPSA) is 105 Å². The Balaban J connectivity index is 1.53. The number of cyclic esters (lactones) is 1. The molecule has 3 rings (SSSR count). The van der Waals surface area contributed by atoms with Crippen molar-refractivity contribution in [2.75, 3.05) is 37.3 Å². The first-order valence-electron chi connectivity index (χ1n) is 9.29. The quantitative estimate of drug-likeness (QED) is 0.726. The van der Waals surface area contributed by atoms with E-state index < -0.39 is 21.9 Å². The van der Waals surface area contributed by atoms with E-state index >= 15 is 0 Å². The van der Waals surface area contributed by atoms with Crippen LogP contribution in [0.3, 0.4) is 0 Å². The predicted octanol–water partition coefficient (Wildman–Crippen LogP) is 1.09. The second-order valence-corrected chi connectivity index (χ2v) is 9.04. The highest BCUT2D eigenvalue weighted by Crippen LogP contribution is 2.28. The number of halogens is 1. The summed E-state index contributed by atoms with van der Waals surface area (Å²) < 4.78 is 49.6. The van der Waals surface area contributed by atoms with E-state index in [1.165, 1.54) is 17.0 Å². The van der Waals surface area contributed by atoms with Crippen LogP contribution >= 0.6 is 0 Å². The molecular formula is C18H24FN3O6S. The lowest BCUT2D eigenvalue weighted by atomic mass is 10.1. The van der Waals surface area contributed by atoms with Gasteiger partial charge in [0.05, 0.1) is 25.0 Å². The van der Waals surface area contributed by atoms with Crippen LogP contribution in [0.4, 0.5) is 14.9 Å². The van der Waals surface area contributed by atoms with Crippen molar-refractivity contribution in [3.05, 3.63) is 24.0 Å². The van der Waals surface area contributed by atoms with Gasteiger partial charge in [0.25, 0.3) is 0 Å². The fraction of sp³-hybridized carbons (Fsp3) is 0.556. The number of anilines is 1. The van der Waals surface area contributed by atoms with Crippen molar-refractivity contribution in [2.45, 2.75) is 32.0 Å².